The van der Waals surface area contributed by atoms with Crippen LogP contribution in [-0.4, -0.2) is 44.7 Å². The van der Waals surface area contributed by atoms with Crippen LogP contribution in [0.5, 0.6) is 11.5 Å². The van der Waals surface area contributed by atoms with Gasteiger partial charge in [0.2, 0.25) is 0 Å². The van der Waals surface area contributed by atoms with Crippen molar-refractivity contribution in [3.8, 4) is 11.5 Å². The molecule has 7 heteroatoms. The predicted octanol–water partition coefficient (Wildman–Crippen LogP) is 3.76. The van der Waals surface area contributed by atoms with Crippen molar-refractivity contribution in [2.45, 2.75) is 13.3 Å². The number of esters is 1. The summed E-state index contributed by atoms with van der Waals surface area (Å²) in [6, 6.07) is 11.6. The normalized spacial score (nSPS) is 14.9. The van der Waals surface area contributed by atoms with E-state index in [1.165, 1.54) is 24.2 Å². The molecule has 0 saturated carbocycles. The molecule has 1 heterocycles. The van der Waals surface area contributed by atoms with Crippen LogP contribution in [-0.2, 0) is 20.7 Å². The highest BCUT2D eigenvalue weighted by atomic mass is 19.1. The van der Waals surface area contributed by atoms with Gasteiger partial charge in [0.15, 0.2) is 11.5 Å². The van der Waals surface area contributed by atoms with Crippen molar-refractivity contribution in [2.75, 3.05) is 27.9 Å². The summed E-state index contributed by atoms with van der Waals surface area (Å²) in [6.07, 6.45) is 1.91. The molecule has 0 aromatic heterocycles. The Hall–Kier alpha value is -3.61. The Morgan fingerprint density at radius 2 is 1.77 bits per heavy atom. The molecule has 31 heavy (non-hydrogen) atoms. The van der Waals surface area contributed by atoms with Gasteiger partial charge in [0.1, 0.15) is 5.82 Å². The Kier molecular flexibility index (Phi) is 6.74. The zero-order chi connectivity index (χ0) is 22.5. The van der Waals surface area contributed by atoms with E-state index < -0.39 is 11.8 Å². The van der Waals surface area contributed by atoms with Crippen molar-refractivity contribution in [1.82, 2.24) is 4.90 Å². The predicted molar refractivity (Wildman–Crippen MR) is 114 cm³/mol. The molecular formula is C24H24FNO5. The van der Waals surface area contributed by atoms with Crippen LogP contribution in [0.2, 0.25) is 0 Å². The summed E-state index contributed by atoms with van der Waals surface area (Å²) in [4.78, 5) is 27.1. The van der Waals surface area contributed by atoms with Gasteiger partial charge in [-0.15, -0.1) is 0 Å². The first-order chi connectivity index (χ1) is 14.9. The minimum absolute atomic E-state index is 0.113. The SMILES string of the molecule is COC(=O)C1=C(C)N(CCc2ccc(OC)c(OC)c2)C(=O)C1=Cc1ccccc1F. The van der Waals surface area contributed by atoms with E-state index in [4.69, 9.17) is 14.2 Å². The van der Waals surface area contributed by atoms with Crippen molar-refractivity contribution < 1.29 is 28.2 Å². The summed E-state index contributed by atoms with van der Waals surface area (Å²) in [6.45, 7) is 2.01. The third kappa shape index (κ3) is 4.45. The summed E-state index contributed by atoms with van der Waals surface area (Å²) in [5.74, 6) is -0.282. The molecule has 0 radical (unpaired) electrons. The maximum Gasteiger partial charge on any atom is 0.340 e. The number of carbonyl (C=O) groups excluding carboxylic acids is 2. The van der Waals surface area contributed by atoms with Crippen molar-refractivity contribution in [3.05, 3.63) is 76.3 Å². The zero-order valence-corrected chi connectivity index (χ0v) is 17.9. The molecule has 162 valence electrons. The second-order valence-corrected chi connectivity index (χ2v) is 6.93. The molecule has 1 aliphatic rings. The number of allylic oxidation sites excluding steroid dienone is 1. The first-order valence-electron chi connectivity index (χ1n) is 9.69. The van der Waals surface area contributed by atoms with Crippen LogP contribution in [0, 0.1) is 5.82 Å². The first-order valence-corrected chi connectivity index (χ1v) is 9.69. The lowest BCUT2D eigenvalue weighted by Gasteiger charge is -2.18. The van der Waals surface area contributed by atoms with Gasteiger partial charge in [0, 0.05) is 17.8 Å². The van der Waals surface area contributed by atoms with E-state index >= 15 is 0 Å². The standard InChI is InChI=1S/C24H24FNO5/c1-15-22(24(28)31-4)18(14-17-7-5-6-8-19(17)25)23(27)26(15)12-11-16-9-10-20(29-2)21(13-16)30-3/h5-10,13-14H,11-12H2,1-4H3. The molecule has 0 aliphatic carbocycles. The molecule has 3 rings (SSSR count). The van der Waals surface area contributed by atoms with Gasteiger partial charge in [0.25, 0.3) is 5.91 Å². The maximum absolute atomic E-state index is 14.2. The van der Waals surface area contributed by atoms with Crippen LogP contribution < -0.4 is 9.47 Å². The fourth-order valence-electron chi connectivity index (χ4n) is 3.52. The van der Waals surface area contributed by atoms with Crippen LogP contribution in [0.4, 0.5) is 4.39 Å². The second-order valence-electron chi connectivity index (χ2n) is 6.93. The van der Waals surface area contributed by atoms with E-state index in [9.17, 15) is 14.0 Å². The maximum atomic E-state index is 14.2. The Bertz CT molecular complexity index is 1070. The third-order valence-corrected chi connectivity index (χ3v) is 5.18. The summed E-state index contributed by atoms with van der Waals surface area (Å²) in [5, 5.41) is 0. The Morgan fingerprint density at radius 3 is 2.42 bits per heavy atom. The lowest BCUT2D eigenvalue weighted by atomic mass is 10.0. The number of hydrogen-bond acceptors (Lipinski definition) is 5. The number of rotatable bonds is 7. The van der Waals surface area contributed by atoms with Gasteiger partial charge in [0.05, 0.1) is 32.5 Å². The number of halogens is 1. The Morgan fingerprint density at radius 1 is 1.06 bits per heavy atom. The minimum Gasteiger partial charge on any atom is -0.493 e. The average molecular weight is 425 g/mol. The third-order valence-electron chi connectivity index (χ3n) is 5.18. The van der Waals surface area contributed by atoms with E-state index in [2.05, 4.69) is 0 Å². The second kappa shape index (κ2) is 9.47. The summed E-state index contributed by atoms with van der Waals surface area (Å²) in [7, 11) is 4.37. The van der Waals surface area contributed by atoms with E-state index in [1.807, 2.05) is 12.1 Å². The molecule has 0 N–H and O–H groups in total. The van der Waals surface area contributed by atoms with Gasteiger partial charge in [-0.25, -0.2) is 9.18 Å². The van der Waals surface area contributed by atoms with Crippen molar-refractivity contribution >= 4 is 18.0 Å². The molecule has 0 saturated heterocycles. The van der Waals surface area contributed by atoms with Gasteiger partial charge >= 0.3 is 5.97 Å². The van der Waals surface area contributed by atoms with Crippen molar-refractivity contribution in [1.29, 1.82) is 0 Å². The molecule has 2 aromatic rings. The summed E-state index contributed by atoms with van der Waals surface area (Å²) < 4.78 is 29.6. The number of carbonyl (C=O) groups is 2. The number of ether oxygens (including phenoxy) is 3. The number of benzene rings is 2. The van der Waals surface area contributed by atoms with E-state index in [0.717, 1.165) is 5.56 Å². The van der Waals surface area contributed by atoms with Crippen LogP contribution in [0.25, 0.3) is 6.08 Å². The highest BCUT2D eigenvalue weighted by Gasteiger charge is 2.36. The molecule has 0 spiro atoms. The number of hydrogen-bond donors (Lipinski definition) is 0. The lowest BCUT2D eigenvalue weighted by molar-refractivity contribution is -0.136. The van der Waals surface area contributed by atoms with Crippen LogP contribution in [0.3, 0.4) is 0 Å². The minimum atomic E-state index is -0.637. The summed E-state index contributed by atoms with van der Waals surface area (Å²) in [5.41, 5.74) is 1.89. The summed E-state index contributed by atoms with van der Waals surface area (Å²) >= 11 is 0. The fraction of sp³-hybridized carbons (Fsp3) is 0.250. The van der Waals surface area contributed by atoms with Gasteiger partial charge in [-0.2, -0.15) is 0 Å². The Labute approximate surface area is 180 Å². The van der Waals surface area contributed by atoms with E-state index in [0.29, 0.717) is 30.2 Å². The fourth-order valence-corrected chi connectivity index (χ4v) is 3.52. The molecule has 0 unspecified atom stereocenters. The van der Waals surface area contributed by atoms with Crippen LogP contribution in [0.1, 0.15) is 18.1 Å². The molecule has 0 fully saturated rings. The molecule has 1 aliphatic heterocycles. The number of amides is 1. The smallest absolute Gasteiger partial charge is 0.340 e. The highest BCUT2D eigenvalue weighted by Crippen LogP contribution is 2.33. The van der Waals surface area contributed by atoms with Gasteiger partial charge in [-0.1, -0.05) is 24.3 Å². The lowest BCUT2D eigenvalue weighted by Crippen LogP contribution is -2.27. The molecule has 1 amide bonds. The largest absolute Gasteiger partial charge is 0.493 e. The molecule has 6 nitrogen and oxygen atoms in total. The van der Waals surface area contributed by atoms with E-state index in [-0.39, 0.29) is 22.6 Å². The van der Waals surface area contributed by atoms with Gasteiger partial charge in [-0.05, 0) is 43.2 Å². The van der Waals surface area contributed by atoms with Crippen molar-refractivity contribution in [2.24, 2.45) is 0 Å². The van der Waals surface area contributed by atoms with Crippen LogP contribution in [0.15, 0.2) is 59.3 Å². The van der Waals surface area contributed by atoms with Crippen molar-refractivity contribution in [3.63, 3.8) is 0 Å². The average Bonchev–Trinajstić information content (AvgIpc) is 3.02. The van der Waals surface area contributed by atoms with Gasteiger partial charge in [-0.3, -0.25) is 4.79 Å². The van der Waals surface area contributed by atoms with E-state index in [1.54, 1.807) is 45.4 Å². The first kappa shape index (κ1) is 22.1. The number of nitrogens with zero attached hydrogens (tertiary/aromatic N) is 1. The zero-order valence-electron chi connectivity index (χ0n) is 17.9. The molecule has 2 aromatic carbocycles. The van der Waals surface area contributed by atoms with Gasteiger partial charge < -0.3 is 19.1 Å². The topological polar surface area (TPSA) is 65.1 Å². The monoisotopic (exact) mass is 425 g/mol. The molecule has 0 bridgehead atoms. The van der Waals surface area contributed by atoms with Crippen LogP contribution >= 0.6 is 0 Å². The Balaban J connectivity index is 1.91. The number of methoxy groups -OCH3 is 3. The molecular weight excluding hydrogens is 401 g/mol. The highest BCUT2D eigenvalue weighted by molar-refractivity contribution is 6.16. The quantitative estimate of drug-likeness (QED) is 0.499. The molecule has 0 atom stereocenters.